The van der Waals surface area contributed by atoms with Crippen molar-refractivity contribution in [3.8, 4) is 12.3 Å². The molecule has 1 heterocycles. The van der Waals surface area contributed by atoms with Gasteiger partial charge in [0.05, 0.1) is 21.4 Å². The third-order valence-electron chi connectivity index (χ3n) is 4.09. The van der Waals surface area contributed by atoms with Gasteiger partial charge in [0.25, 0.3) is 0 Å². The van der Waals surface area contributed by atoms with E-state index in [1.807, 2.05) is 6.07 Å². The number of hydrogen-bond donors (Lipinski definition) is 2. The van der Waals surface area contributed by atoms with Crippen molar-refractivity contribution in [3.63, 3.8) is 0 Å². The fourth-order valence-corrected chi connectivity index (χ4v) is 3.81. The molecule has 148 valence electrons. The van der Waals surface area contributed by atoms with Crippen LogP contribution in [0.3, 0.4) is 0 Å². The van der Waals surface area contributed by atoms with Gasteiger partial charge in [0, 0.05) is 24.6 Å². The monoisotopic (exact) mass is 416 g/mol. The Labute approximate surface area is 174 Å². The third kappa shape index (κ3) is 4.98. The minimum absolute atomic E-state index is 0.123. The lowest BCUT2D eigenvalue weighted by Gasteiger charge is -2.11. The van der Waals surface area contributed by atoms with Gasteiger partial charge in [-0.05, 0) is 54.1 Å². The Hall–Kier alpha value is -4.21. The van der Waals surface area contributed by atoms with Crippen molar-refractivity contribution in [1.29, 1.82) is 10.5 Å². The number of nitriles is 2. The van der Waals surface area contributed by atoms with Crippen LogP contribution in [0, 0.1) is 22.8 Å². The summed E-state index contributed by atoms with van der Waals surface area (Å²) in [5, 5.41) is 23.7. The fraction of sp³-hybridized carbons (Fsp3) is 0.0476. The smallest absolute Gasteiger partial charge is 0.212 e. The summed E-state index contributed by atoms with van der Waals surface area (Å²) in [5.41, 5.74) is 1.91. The summed E-state index contributed by atoms with van der Waals surface area (Å²) in [6.07, 6.45) is 4.95. The van der Waals surface area contributed by atoms with Crippen molar-refractivity contribution in [2.75, 3.05) is 5.32 Å². The zero-order valence-corrected chi connectivity index (χ0v) is 16.5. The number of nitrogens with one attached hydrogen (secondary N) is 2. The van der Waals surface area contributed by atoms with Crippen molar-refractivity contribution in [2.45, 2.75) is 16.3 Å². The van der Waals surface area contributed by atoms with Gasteiger partial charge < -0.3 is 10.6 Å². The first-order valence-corrected chi connectivity index (χ1v) is 10.2. The quantitative estimate of drug-likeness (QED) is 0.371. The Balaban J connectivity index is 1.69. The highest BCUT2D eigenvalue weighted by Crippen LogP contribution is 2.21. The number of nitrogens with zero attached hydrogens (tertiary/aromatic N) is 4. The molecule has 0 aliphatic heterocycles. The maximum atomic E-state index is 12.7. The summed E-state index contributed by atoms with van der Waals surface area (Å²) in [6, 6.07) is 17.6. The molecule has 2 aromatic carbocycles. The van der Waals surface area contributed by atoms with Crippen LogP contribution >= 0.6 is 0 Å². The molecule has 0 atom stereocenters. The molecule has 8 nitrogen and oxygen atoms in total. The highest BCUT2D eigenvalue weighted by molar-refractivity contribution is 7.91. The summed E-state index contributed by atoms with van der Waals surface area (Å²) in [7, 11) is -3.68. The summed E-state index contributed by atoms with van der Waals surface area (Å²) >= 11 is 0. The van der Waals surface area contributed by atoms with E-state index in [-0.39, 0.29) is 15.8 Å². The normalized spacial score (nSPS) is 11.2. The Bertz CT molecular complexity index is 1220. The topological polar surface area (TPSA) is 131 Å². The predicted molar refractivity (Wildman–Crippen MR) is 111 cm³/mol. The number of pyridine rings is 1. The number of guanidine groups is 1. The predicted octanol–water partition coefficient (Wildman–Crippen LogP) is 2.82. The lowest BCUT2D eigenvalue weighted by atomic mass is 10.2. The van der Waals surface area contributed by atoms with Crippen LogP contribution < -0.4 is 10.6 Å². The zero-order valence-electron chi connectivity index (χ0n) is 15.6. The minimum Gasteiger partial charge on any atom is -0.351 e. The van der Waals surface area contributed by atoms with Crippen LogP contribution in [0.4, 0.5) is 5.69 Å². The van der Waals surface area contributed by atoms with Crippen LogP contribution in [0.1, 0.15) is 11.1 Å². The van der Waals surface area contributed by atoms with Gasteiger partial charge in [-0.3, -0.25) is 4.98 Å². The van der Waals surface area contributed by atoms with Crippen molar-refractivity contribution in [3.05, 3.63) is 84.2 Å². The second kappa shape index (κ2) is 9.32. The Kier molecular flexibility index (Phi) is 6.38. The second-order valence-corrected chi connectivity index (χ2v) is 8.01. The third-order valence-corrected chi connectivity index (χ3v) is 5.88. The van der Waals surface area contributed by atoms with Crippen LogP contribution in [0.15, 0.2) is 87.8 Å². The van der Waals surface area contributed by atoms with Crippen LogP contribution in [-0.2, 0) is 16.4 Å². The van der Waals surface area contributed by atoms with E-state index in [0.29, 0.717) is 12.1 Å². The van der Waals surface area contributed by atoms with Gasteiger partial charge >= 0.3 is 0 Å². The standard InChI is InChI=1S/C21H16N6O2S/c22-13-16-1-5-19(6-2-16)30(28,29)20-7-3-17(4-8-20)14-25-21(26-15-23)27-18-9-11-24-12-10-18/h1-12H,14H2,(H2,24,25,26,27). The largest absolute Gasteiger partial charge is 0.351 e. The summed E-state index contributed by atoms with van der Waals surface area (Å²) in [5.74, 6) is 0.262. The Morgan fingerprint density at radius 3 is 2.10 bits per heavy atom. The molecule has 0 fully saturated rings. The molecule has 0 radical (unpaired) electrons. The van der Waals surface area contributed by atoms with E-state index in [4.69, 9.17) is 10.5 Å². The van der Waals surface area contributed by atoms with E-state index in [1.54, 1.807) is 42.9 Å². The SMILES string of the molecule is N#CN=C(NCc1ccc(S(=O)(=O)c2ccc(C#N)cc2)cc1)Nc1ccncc1. The van der Waals surface area contributed by atoms with Crippen LogP contribution in [-0.4, -0.2) is 19.4 Å². The van der Waals surface area contributed by atoms with Crippen LogP contribution in [0.25, 0.3) is 0 Å². The van der Waals surface area contributed by atoms with Gasteiger partial charge in [-0.15, -0.1) is 4.99 Å². The number of rotatable bonds is 5. The van der Waals surface area contributed by atoms with Gasteiger partial charge in [-0.2, -0.15) is 10.5 Å². The average Bonchev–Trinajstić information content (AvgIpc) is 2.78. The number of anilines is 1. The molecule has 0 unspecified atom stereocenters. The Morgan fingerprint density at radius 2 is 1.53 bits per heavy atom. The molecular formula is C21H16N6O2S. The molecule has 0 aliphatic carbocycles. The number of sulfone groups is 1. The maximum Gasteiger partial charge on any atom is 0.212 e. The fourth-order valence-electron chi connectivity index (χ4n) is 2.55. The molecule has 0 saturated carbocycles. The summed E-state index contributed by atoms with van der Waals surface area (Å²) in [4.78, 5) is 7.90. The highest BCUT2D eigenvalue weighted by Gasteiger charge is 2.17. The molecule has 0 spiro atoms. The molecule has 1 aromatic heterocycles. The van der Waals surface area contributed by atoms with E-state index in [9.17, 15) is 8.42 Å². The first kappa shape index (κ1) is 20.5. The molecular weight excluding hydrogens is 400 g/mol. The zero-order chi connectivity index (χ0) is 21.4. The van der Waals surface area contributed by atoms with Crippen molar-refractivity contribution in [2.24, 2.45) is 4.99 Å². The minimum atomic E-state index is -3.68. The lowest BCUT2D eigenvalue weighted by molar-refractivity contribution is 0.596. The highest BCUT2D eigenvalue weighted by atomic mass is 32.2. The van der Waals surface area contributed by atoms with E-state index >= 15 is 0 Å². The molecule has 0 amide bonds. The number of benzene rings is 2. The molecule has 30 heavy (non-hydrogen) atoms. The molecule has 0 saturated heterocycles. The van der Waals surface area contributed by atoms with E-state index in [0.717, 1.165) is 11.3 Å². The van der Waals surface area contributed by atoms with Crippen molar-refractivity contribution < 1.29 is 8.42 Å². The van der Waals surface area contributed by atoms with E-state index < -0.39 is 9.84 Å². The molecule has 9 heteroatoms. The van der Waals surface area contributed by atoms with Gasteiger partial charge in [-0.1, -0.05) is 12.1 Å². The molecule has 3 rings (SSSR count). The van der Waals surface area contributed by atoms with Gasteiger partial charge in [0.2, 0.25) is 22.0 Å². The first-order chi connectivity index (χ1) is 14.5. The maximum absolute atomic E-state index is 12.7. The molecule has 2 N–H and O–H groups in total. The number of hydrogen-bond acceptors (Lipinski definition) is 6. The number of aliphatic imine (C=N–C) groups is 1. The Morgan fingerprint density at radius 1 is 0.933 bits per heavy atom. The average molecular weight is 416 g/mol. The van der Waals surface area contributed by atoms with Crippen molar-refractivity contribution >= 4 is 21.5 Å². The molecule has 0 bridgehead atoms. The van der Waals surface area contributed by atoms with Gasteiger partial charge in [0.1, 0.15) is 0 Å². The lowest BCUT2D eigenvalue weighted by Crippen LogP contribution is -2.30. The van der Waals surface area contributed by atoms with E-state index in [1.165, 1.54) is 36.4 Å². The van der Waals surface area contributed by atoms with Crippen LogP contribution in [0.5, 0.6) is 0 Å². The molecule has 0 aliphatic rings. The first-order valence-electron chi connectivity index (χ1n) is 8.75. The summed E-state index contributed by atoms with van der Waals surface area (Å²) in [6.45, 7) is 0.329. The van der Waals surface area contributed by atoms with Crippen LogP contribution in [0.2, 0.25) is 0 Å². The molecule has 3 aromatic rings. The van der Waals surface area contributed by atoms with Gasteiger partial charge in [0.15, 0.2) is 0 Å². The number of aromatic nitrogens is 1. The second-order valence-electron chi connectivity index (χ2n) is 6.06. The van der Waals surface area contributed by atoms with E-state index in [2.05, 4.69) is 20.6 Å². The van der Waals surface area contributed by atoms with Crippen molar-refractivity contribution in [1.82, 2.24) is 10.3 Å². The summed E-state index contributed by atoms with van der Waals surface area (Å²) < 4.78 is 25.5. The van der Waals surface area contributed by atoms with Gasteiger partial charge in [-0.25, -0.2) is 8.42 Å².